The van der Waals surface area contributed by atoms with E-state index in [1.807, 2.05) is 24.3 Å². The highest BCUT2D eigenvalue weighted by atomic mass is 35.5. The molecule has 8 heteroatoms. The third-order valence-corrected chi connectivity index (χ3v) is 4.60. The molecule has 0 spiro atoms. The van der Waals surface area contributed by atoms with Gasteiger partial charge >= 0.3 is 0 Å². The maximum absolute atomic E-state index is 6.18. The summed E-state index contributed by atoms with van der Waals surface area (Å²) in [6.45, 7) is 4.37. The fourth-order valence-corrected chi connectivity index (χ4v) is 2.70. The van der Waals surface area contributed by atoms with Crippen LogP contribution in [0, 0.1) is 0 Å². The number of ether oxygens (including phenoxy) is 1. The average molecular weight is 429 g/mol. The van der Waals surface area contributed by atoms with Crippen LogP contribution in [0.5, 0.6) is 5.75 Å². The minimum Gasteiger partial charge on any atom is -0.489 e. The van der Waals surface area contributed by atoms with Crippen LogP contribution in [0.2, 0.25) is 15.1 Å². The molecule has 0 fully saturated rings. The Kier molecular flexibility index (Phi) is 8.19. The predicted molar refractivity (Wildman–Crippen MR) is 114 cm³/mol. The molecule has 0 aliphatic rings. The van der Waals surface area contributed by atoms with Crippen molar-refractivity contribution in [3.05, 3.63) is 75.2 Å². The lowest BCUT2D eigenvalue weighted by Gasteiger charge is -2.11. The second kappa shape index (κ2) is 10.4. The molecule has 0 aliphatic carbocycles. The average Bonchev–Trinajstić information content (AvgIpc) is 2.63. The van der Waals surface area contributed by atoms with E-state index in [1.54, 1.807) is 24.4 Å². The molecule has 0 saturated carbocycles. The third kappa shape index (κ3) is 6.18. The fourth-order valence-electron chi connectivity index (χ4n) is 1.91. The second-order valence-corrected chi connectivity index (χ2v) is 6.65. The van der Waals surface area contributed by atoms with Crippen LogP contribution in [0.4, 0.5) is 0 Å². The van der Waals surface area contributed by atoms with Gasteiger partial charge in [-0.1, -0.05) is 53.0 Å². The first-order chi connectivity index (χ1) is 12.5. The molecule has 0 radical (unpaired) electrons. The Balaban J connectivity index is 1.98. The Morgan fingerprint density at radius 2 is 1.96 bits per heavy atom. The SMILES string of the molecule is C=CCNC(=S)N/N=C/c1cccc(OCc2c(Cl)ccc(Cl)c2Cl)c1. The first-order valence-corrected chi connectivity index (χ1v) is 9.08. The van der Waals surface area contributed by atoms with Gasteiger partial charge in [-0.2, -0.15) is 5.10 Å². The van der Waals surface area contributed by atoms with Crippen molar-refractivity contribution in [2.45, 2.75) is 6.61 Å². The Hall–Kier alpha value is -1.79. The first-order valence-electron chi connectivity index (χ1n) is 7.54. The molecule has 0 unspecified atom stereocenters. The van der Waals surface area contributed by atoms with Gasteiger partial charge in [0.15, 0.2) is 5.11 Å². The number of thiocarbonyl (C=S) groups is 1. The van der Waals surface area contributed by atoms with Crippen LogP contribution in [0.15, 0.2) is 54.2 Å². The van der Waals surface area contributed by atoms with Crippen molar-refractivity contribution in [2.24, 2.45) is 5.10 Å². The Bertz CT molecular complexity index is 827. The van der Waals surface area contributed by atoms with E-state index >= 15 is 0 Å². The smallest absolute Gasteiger partial charge is 0.187 e. The highest BCUT2D eigenvalue weighted by molar-refractivity contribution is 7.80. The number of rotatable bonds is 7. The minimum atomic E-state index is 0.201. The van der Waals surface area contributed by atoms with Crippen LogP contribution in [0.3, 0.4) is 0 Å². The van der Waals surface area contributed by atoms with Crippen LogP contribution < -0.4 is 15.5 Å². The first kappa shape index (κ1) is 20.5. The molecule has 0 aliphatic heterocycles. The number of hydrogen-bond donors (Lipinski definition) is 2. The zero-order valence-electron chi connectivity index (χ0n) is 13.6. The van der Waals surface area contributed by atoms with Gasteiger partial charge in [0.2, 0.25) is 0 Å². The van der Waals surface area contributed by atoms with E-state index < -0.39 is 0 Å². The molecule has 26 heavy (non-hydrogen) atoms. The Morgan fingerprint density at radius 1 is 1.19 bits per heavy atom. The summed E-state index contributed by atoms with van der Waals surface area (Å²) >= 11 is 23.4. The lowest BCUT2D eigenvalue weighted by Crippen LogP contribution is -2.31. The van der Waals surface area contributed by atoms with Gasteiger partial charge in [-0.25, -0.2) is 0 Å². The number of halogens is 3. The van der Waals surface area contributed by atoms with Crippen LogP contribution in [-0.2, 0) is 6.61 Å². The van der Waals surface area contributed by atoms with Gasteiger partial charge in [0.25, 0.3) is 0 Å². The molecule has 136 valence electrons. The number of nitrogens with one attached hydrogen (secondary N) is 2. The van der Waals surface area contributed by atoms with Crippen LogP contribution >= 0.6 is 47.0 Å². The maximum Gasteiger partial charge on any atom is 0.187 e. The standard InChI is InChI=1S/C18H16Cl3N3OS/c1-2-8-22-18(26)24-23-10-12-4-3-5-13(9-12)25-11-14-15(19)6-7-16(20)17(14)21/h2-7,9-10H,1,8,11H2,(H2,22,24,26)/b23-10+. The van der Waals surface area contributed by atoms with Crippen molar-refractivity contribution < 1.29 is 4.74 Å². The number of hydrogen-bond acceptors (Lipinski definition) is 3. The van der Waals surface area contributed by atoms with Gasteiger partial charge in [-0.15, -0.1) is 6.58 Å². The number of nitrogens with zero attached hydrogens (tertiary/aromatic N) is 1. The zero-order valence-corrected chi connectivity index (χ0v) is 16.7. The fraction of sp³-hybridized carbons (Fsp3) is 0.111. The van der Waals surface area contributed by atoms with Gasteiger partial charge in [0.05, 0.1) is 16.3 Å². The lowest BCUT2D eigenvalue weighted by atomic mass is 10.2. The topological polar surface area (TPSA) is 45.7 Å². The van der Waals surface area contributed by atoms with Crippen LogP contribution in [0.25, 0.3) is 0 Å². The van der Waals surface area contributed by atoms with Crippen molar-refractivity contribution in [3.8, 4) is 5.75 Å². The molecule has 0 atom stereocenters. The highest BCUT2D eigenvalue weighted by Gasteiger charge is 2.10. The molecule has 2 aromatic carbocycles. The maximum atomic E-state index is 6.18. The van der Waals surface area contributed by atoms with E-state index in [1.165, 1.54) is 0 Å². The van der Waals surface area contributed by atoms with Gasteiger partial charge in [0, 0.05) is 17.1 Å². The molecular formula is C18H16Cl3N3OS. The number of hydrazone groups is 1. The largest absolute Gasteiger partial charge is 0.489 e. The van der Waals surface area contributed by atoms with Crippen molar-refractivity contribution in [3.63, 3.8) is 0 Å². The van der Waals surface area contributed by atoms with E-state index in [2.05, 4.69) is 22.4 Å². The number of benzene rings is 2. The molecule has 4 nitrogen and oxygen atoms in total. The monoisotopic (exact) mass is 427 g/mol. The summed E-state index contributed by atoms with van der Waals surface area (Å²) in [5.41, 5.74) is 4.19. The molecule has 2 rings (SSSR count). The summed E-state index contributed by atoms with van der Waals surface area (Å²) in [7, 11) is 0. The molecule has 2 N–H and O–H groups in total. The highest BCUT2D eigenvalue weighted by Crippen LogP contribution is 2.32. The minimum absolute atomic E-state index is 0.201. The Morgan fingerprint density at radius 3 is 2.73 bits per heavy atom. The quantitative estimate of drug-likeness (QED) is 0.209. The Labute approximate surface area is 172 Å². The van der Waals surface area contributed by atoms with Gasteiger partial charge < -0.3 is 10.1 Å². The second-order valence-electron chi connectivity index (χ2n) is 5.05. The van der Waals surface area contributed by atoms with E-state index in [0.717, 1.165) is 5.56 Å². The lowest BCUT2D eigenvalue weighted by molar-refractivity contribution is 0.306. The molecule has 0 aromatic heterocycles. The van der Waals surface area contributed by atoms with Crippen LogP contribution in [0.1, 0.15) is 11.1 Å². The summed E-state index contributed by atoms with van der Waals surface area (Å²) in [5, 5.41) is 8.72. The van der Waals surface area contributed by atoms with E-state index in [-0.39, 0.29) is 6.61 Å². The summed E-state index contributed by atoms with van der Waals surface area (Å²) in [6.07, 6.45) is 3.34. The van der Waals surface area contributed by atoms with Crippen molar-refractivity contribution in [2.75, 3.05) is 6.54 Å². The molecule has 0 bridgehead atoms. The zero-order chi connectivity index (χ0) is 18.9. The predicted octanol–water partition coefficient (Wildman–Crippen LogP) is 5.21. The van der Waals surface area contributed by atoms with Crippen molar-refractivity contribution >= 4 is 58.3 Å². The molecular weight excluding hydrogens is 413 g/mol. The normalized spacial score (nSPS) is 10.6. The summed E-state index contributed by atoms with van der Waals surface area (Å²) < 4.78 is 5.77. The van der Waals surface area contributed by atoms with Crippen molar-refractivity contribution in [1.82, 2.24) is 10.7 Å². The van der Waals surface area contributed by atoms with E-state index in [9.17, 15) is 0 Å². The van der Waals surface area contributed by atoms with Gasteiger partial charge in [-0.3, -0.25) is 5.43 Å². The molecule has 0 heterocycles. The van der Waals surface area contributed by atoms with Gasteiger partial charge in [0.1, 0.15) is 12.4 Å². The summed E-state index contributed by atoms with van der Waals surface area (Å²) in [6, 6.07) is 10.7. The molecule has 2 aromatic rings. The summed E-state index contributed by atoms with van der Waals surface area (Å²) in [5.74, 6) is 0.647. The third-order valence-electron chi connectivity index (χ3n) is 3.17. The van der Waals surface area contributed by atoms with Gasteiger partial charge in [-0.05, 0) is 42.0 Å². The van der Waals surface area contributed by atoms with E-state index in [4.69, 9.17) is 51.8 Å². The summed E-state index contributed by atoms with van der Waals surface area (Å²) in [4.78, 5) is 0. The van der Waals surface area contributed by atoms with Crippen LogP contribution in [-0.4, -0.2) is 17.9 Å². The van der Waals surface area contributed by atoms with Crippen molar-refractivity contribution in [1.29, 1.82) is 0 Å². The van der Waals surface area contributed by atoms with E-state index in [0.29, 0.717) is 38.0 Å². The molecule has 0 saturated heterocycles. The molecule has 0 amide bonds.